The minimum atomic E-state index is 0.649. The van der Waals surface area contributed by atoms with Crippen LogP contribution in [0.3, 0.4) is 0 Å². The standard InChI is InChI=1S/C18H22N2/c1-3-8-15(9-4-1)19-17-12-7-13-18(14-17)20-16-10-5-2-6-11-16/h1,3-4,7-9,12-14,16,19-20H,2,5-6,10-11H2. The molecule has 2 nitrogen and oxygen atoms in total. The van der Waals surface area contributed by atoms with Crippen LogP contribution in [0.5, 0.6) is 0 Å². The molecule has 0 bridgehead atoms. The van der Waals surface area contributed by atoms with Crippen molar-refractivity contribution in [3.05, 3.63) is 54.6 Å². The van der Waals surface area contributed by atoms with Crippen molar-refractivity contribution in [2.24, 2.45) is 0 Å². The Balaban J connectivity index is 1.66. The number of para-hydroxylation sites is 1. The monoisotopic (exact) mass is 266 g/mol. The van der Waals surface area contributed by atoms with Crippen molar-refractivity contribution in [1.82, 2.24) is 0 Å². The van der Waals surface area contributed by atoms with Crippen LogP contribution in [-0.2, 0) is 0 Å². The third-order valence-corrected chi connectivity index (χ3v) is 3.90. The van der Waals surface area contributed by atoms with Gasteiger partial charge in [0.15, 0.2) is 0 Å². The normalized spacial score (nSPS) is 15.8. The predicted molar refractivity (Wildman–Crippen MR) is 86.7 cm³/mol. The van der Waals surface area contributed by atoms with Crippen LogP contribution >= 0.6 is 0 Å². The van der Waals surface area contributed by atoms with Gasteiger partial charge in [-0.25, -0.2) is 0 Å². The average Bonchev–Trinajstić information content (AvgIpc) is 2.50. The second kappa shape index (κ2) is 6.47. The van der Waals surface area contributed by atoms with E-state index >= 15 is 0 Å². The molecule has 0 aliphatic heterocycles. The molecule has 2 aromatic carbocycles. The number of rotatable bonds is 4. The van der Waals surface area contributed by atoms with E-state index in [0.29, 0.717) is 6.04 Å². The average molecular weight is 266 g/mol. The summed E-state index contributed by atoms with van der Waals surface area (Å²) in [6, 6.07) is 19.5. The lowest BCUT2D eigenvalue weighted by Crippen LogP contribution is -2.22. The van der Waals surface area contributed by atoms with Gasteiger partial charge in [-0.05, 0) is 43.2 Å². The molecular weight excluding hydrogens is 244 g/mol. The van der Waals surface area contributed by atoms with Gasteiger partial charge < -0.3 is 10.6 Å². The fraction of sp³-hybridized carbons (Fsp3) is 0.333. The van der Waals surface area contributed by atoms with E-state index in [0.717, 1.165) is 11.4 Å². The molecule has 104 valence electrons. The summed E-state index contributed by atoms with van der Waals surface area (Å²) in [5, 5.41) is 7.11. The number of hydrogen-bond acceptors (Lipinski definition) is 2. The summed E-state index contributed by atoms with van der Waals surface area (Å²) in [5.41, 5.74) is 3.48. The van der Waals surface area contributed by atoms with Crippen LogP contribution in [0, 0.1) is 0 Å². The minimum absolute atomic E-state index is 0.649. The highest BCUT2D eigenvalue weighted by Gasteiger charge is 2.12. The van der Waals surface area contributed by atoms with Crippen LogP contribution in [0.4, 0.5) is 17.1 Å². The van der Waals surface area contributed by atoms with Crippen molar-refractivity contribution < 1.29 is 0 Å². The van der Waals surface area contributed by atoms with E-state index in [4.69, 9.17) is 0 Å². The molecule has 0 heterocycles. The van der Waals surface area contributed by atoms with Crippen molar-refractivity contribution >= 4 is 17.1 Å². The van der Waals surface area contributed by atoms with Crippen molar-refractivity contribution in [1.29, 1.82) is 0 Å². The van der Waals surface area contributed by atoms with E-state index < -0.39 is 0 Å². The smallest absolute Gasteiger partial charge is 0.0404 e. The summed E-state index contributed by atoms with van der Waals surface area (Å²) < 4.78 is 0. The molecule has 0 amide bonds. The van der Waals surface area contributed by atoms with Gasteiger partial charge in [0.1, 0.15) is 0 Å². The van der Waals surface area contributed by atoms with E-state index in [1.807, 2.05) is 18.2 Å². The van der Waals surface area contributed by atoms with E-state index in [9.17, 15) is 0 Å². The fourth-order valence-corrected chi connectivity index (χ4v) is 2.86. The largest absolute Gasteiger partial charge is 0.382 e. The zero-order chi connectivity index (χ0) is 13.6. The Morgan fingerprint density at radius 1 is 0.700 bits per heavy atom. The van der Waals surface area contributed by atoms with Crippen molar-refractivity contribution in [2.45, 2.75) is 38.1 Å². The molecule has 0 unspecified atom stereocenters. The molecule has 3 rings (SSSR count). The van der Waals surface area contributed by atoms with Crippen LogP contribution < -0.4 is 10.6 Å². The third-order valence-electron chi connectivity index (χ3n) is 3.90. The molecule has 0 aromatic heterocycles. The Morgan fingerprint density at radius 3 is 2.20 bits per heavy atom. The molecule has 1 saturated carbocycles. The van der Waals surface area contributed by atoms with Crippen LogP contribution in [0.2, 0.25) is 0 Å². The predicted octanol–water partition coefficient (Wildman–Crippen LogP) is 5.17. The van der Waals surface area contributed by atoms with Gasteiger partial charge >= 0.3 is 0 Å². The first kappa shape index (κ1) is 13.0. The summed E-state index contributed by atoms with van der Waals surface area (Å²) >= 11 is 0. The first-order valence-electron chi connectivity index (χ1n) is 7.59. The Bertz CT molecular complexity index is 530. The quantitative estimate of drug-likeness (QED) is 0.797. The maximum Gasteiger partial charge on any atom is 0.0404 e. The second-order valence-corrected chi connectivity index (χ2v) is 5.55. The Hall–Kier alpha value is -1.96. The Labute approximate surface area is 121 Å². The molecule has 0 spiro atoms. The summed E-state index contributed by atoms with van der Waals surface area (Å²) in [7, 11) is 0. The first-order valence-corrected chi connectivity index (χ1v) is 7.59. The van der Waals surface area contributed by atoms with Crippen LogP contribution in [0.15, 0.2) is 54.6 Å². The molecule has 20 heavy (non-hydrogen) atoms. The molecule has 1 fully saturated rings. The van der Waals surface area contributed by atoms with Crippen molar-refractivity contribution in [3.8, 4) is 0 Å². The summed E-state index contributed by atoms with van der Waals surface area (Å²) in [5.74, 6) is 0. The number of anilines is 3. The molecule has 1 aliphatic rings. The summed E-state index contributed by atoms with van der Waals surface area (Å²) in [6.45, 7) is 0. The zero-order valence-electron chi connectivity index (χ0n) is 11.8. The first-order chi connectivity index (χ1) is 9.90. The zero-order valence-corrected chi connectivity index (χ0v) is 11.8. The topological polar surface area (TPSA) is 24.1 Å². The fourth-order valence-electron chi connectivity index (χ4n) is 2.86. The minimum Gasteiger partial charge on any atom is -0.382 e. The summed E-state index contributed by atoms with van der Waals surface area (Å²) in [4.78, 5) is 0. The van der Waals surface area contributed by atoms with Gasteiger partial charge in [0, 0.05) is 23.1 Å². The molecule has 0 radical (unpaired) electrons. The van der Waals surface area contributed by atoms with Crippen molar-refractivity contribution in [2.75, 3.05) is 10.6 Å². The van der Waals surface area contributed by atoms with Gasteiger partial charge in [0.05, 0.1) is 0 Å². The number of nitrogens with one attached hydrogen (secondary N) is 2. The summed E-state index contributed by atoms with van der Waals surface area (Å²) in [6.07, 6.45) is 6.72. The molecule has 0 saturated heterocycles. The van der Waals surface area contributed by atoms with Gasteiger partial charge in [-0.15, -0.1) is 0 Å². The van der Waals surface area contributed by atoms with E-state index in [1.165, 1.54) is 37.8 Å². The van der Waals surface area contributed by atoms with E-state index in [2.05, 4.69) is 47.0 Å². The third kappa shape index (κ3) is 3.53. The van der Waals surface area contributed by atoms with E-state index in [1.54, 1.807) is 0 Å². The maximum atomic E-state index is 3.67. The maximum absolute atomic E-state index is 3.67. The lowest BCUT2D eigenvalue weighted by Gasteiger charge is -2.24. The lowest BCUT2D eigenvalue weighted by atomic mass is 9.95. The van der Waals surface area contributed by atoms with Gasteiger partial charge in [-0.1, -0.05) is 43.5 Å². The van der Waals surface area contributed by atoms with Crippen molar-refractivity contribution in [3.63, 3.8) is 0 Å². The highest BCUT2D eigenvalue weighted by molar-refractivity contribution is 5.64. The van der Waals surface area contributed by atoms with Gasteiger partial charge in [-0.3, -0.25) is 0 Å². The SMILES string of the molecule is c1ccc(Nc2cccc(NC3CCCCC3)c2)cc1. The molecule has 1 aliphatic carbocycles. The Morgan fingerprint density at radius 2 is 1.40 bits per heavy atom. The van der Waals surface area contributed by atoms with E-state index in [-0.39, 0.29) is 0 Å². The molecule has 2 heteroatoms. The lowest BCUT2D eigenvalue weighted by molar-refractivity contribution is 0.463. The molecular formula is C18H22N2. The molecule has 2 N–H and O–H groups in total. The van der Waals surface area contributed by atoms with Gasteiger partial charge in [-0.2, -0.15) is 0 Å². The Kier molecular flexibility index (Phi) is 4.22. The van der Waals surface area contributed by atoms with Crippen LogP contribution in [-0.4, -0.2) is 6.04 Å². The molecule has 0 atom stereocenters. The highest BCUT2D eigenvalue weighted by atomic mass is 14.9. The molecule has 2 aromatic rings. The van der Waals surface area contributed by atoms with Gasteiger partial charge in [0.25, 0.3) is 0 Å². The van der Waals surface area contributed by atoms with Crippen LogP contribution in [0.1, 0.15) is 32.1 Å². The number of benzene rings is 2. The number of hydrogen-bond donors (Lipinski definition) is 2. The highest BCUT2D eigenvalue weighted by Crippen LogP contribution is 2.24. The van der Waals surface area contributed by atoms with Crippen LogP contribution in [0.25, 0.3) is 0 Å². The van der Waals surface area contributed by atoms with Gasteiger partial charge in [0.2, 0.25) is 0 Å². The second-order valence-electron chi connectivity index (χ2n) is 5.55.